The quantitative estimate of drug-likeness (QED) is 0.111. The van der Waals surface area contributed by atoms with Crippen LogP contribution >= 0.6 is 11.6 Å². The van der Waals surface area contributed by atoms with Gasteiger partial charge in [-0.2, -0.15) is 0 Å². The van der Waals surface area contributed by atoms with Gasteiger partial charge in [-0.3, -0.25) is 9.59 Å². The number of aromatic nitrogens is 4. The summed E-state index contributed by atoms with van der Waals surface area (Å²) in [7, 11) is 0. The van der Waals surface area contributed by atoms with Crippen LogP contribution in [0.15, 0.2) is 122 Å². The Morgan fingerprint density at radius 1 is 0.639 bits per heavy atom. The number of amides is 2. The Morgan fingerprint density at radius 2 is 1.10 bits per heavy atom. The topological polar surface area (TPSA) is 138 Å². The molecule has 0 spiro atoms. The molecule has 4 aliphatic heterocycles. The third-order valence-electron chi connectivity index (χ3n) is 13.2. The molecule has 4 fully saturated rings. The van der Waals surface area contributed by atoms with Crippen LogP contribution in [0.2, 0.25) is 5.02 Å². The van der Waals surface area contributed by atoms with Gasteiger partial charge in [-0.25, -0.2) is 18.7 Å². The van der Waals surface area contributed by atoms with Crippen molar-refractivity contribution in [2.75, 3.05) is 88.6 Å². The number of ether oxygens (including phenoxy) is 6. The summed E-state index contributed by atoms with van der Waals surface area (Å²) >= 11 is 6.38. The van der Waals surface area contributed by atoms with Crippen molar-refractivity contribution < 1.29 is 46.8 Å². The largest absolute Gasteiger partial charge is 0.491 e. The standard InChI is InChI=1S/C27H31FN4O4.C26H28ClFN4O4/c1-20-3-8-25(26(28)15-20)27(18-30-10-9-29-19-30)35-17-24(36-27)16-34-23-6-4-22(5-7-23)32-13-11-31(12-14-32)21(2)33;1-19(33)31-10-12-32(13-11-31)21-3-5-22(6-4-21)34-15-23-16-35-26(36-23,17-30-9-8-29-18-30)24-7-2-20(28)14-25(24)27/h3-10,15,19,24H,11-14,16-18H2,1-2H3;2-9,14,18,23H,10-13,15-17H2,1H3/t24-,27-;23-,26-/m00/s1. The van der Waals surface area contributed by atoms with E-state index in [1.54, 1.807) is 63.4 Å². The third kappa shape index (κ3) is 12.0. The Kier molecular flexibility index (Phi) is 15.7. The highest BCUT2D eigenvalue weighted by atomic mass is 35.5. The molecule has 2 amide bonds. The summed E-state index contributed by atoms with van der Waals surface area (Å²) < 4.78 is 69.3. The zero-order valence-electron chi connectivity index (χ0n) is 40.6. The number of halogens is 3. The van der Waals surface area contributed by atoms with Crippen molar-refractivity contribution in [1.29, 1.82) is 0 Å². The first-order chi connectivity index (χ1) is 34.8. The van der Waals surface area contributed by atoms with Crippen LogP contribution in [0.4, 0.5) is 20.2 Å². The lowest BCUT2D eigenvalue weighted by atomic mass is 10.0. The molecule has 6 heterocycles. The molecular formula is C53H59ClF2N8O8. The Morgan fingerprint density at radius 3 is 1.51 bits per heavy atom. The molecule has 4 aromatic carbocycles. The predicted molar refractivity (Wildman–Crippen MR) is 265 cm³/mol. The average Bonchev–Trinajstić information content (AvgIpc) is 4.24. The number of carbonyl (C=O) groups excluding carboxylic acids is 2. The molecule has 4 saturated heterocycles. The molecule has 10 rings (SSSR count). The van der Waals surface area contributed by atoms with Gasteiger partial charge < -0.3 is 57.2 Å². The summed E-state index contributed by atoms with van der Waals surface area (Å²) in [4.78, 5) is 39.5. The molecule has 0 unspecified atom stereocenters. The Hall–Kier alpha value is -6.57. The van der Waals surface area contributed by atoms with Gasteiger partial charge in [0, 0.05) is 113 Å². The van der Waals surface area contributed by atoms with Gasteiger partial charge in [0.2, 0.25) is 23.4 Å². The minimum absolute atomic E-state index is 0.118. The van der Waals surface area contributed by atoms with Crippen LogP contribution in [-0.2, 0) is 53.2 Å². The fraction of sp³-hybridized carbons (Fsp3) is 0.396. The van der Waals surface area contributed by atoms with Crippen molar-refractivity contribution in [3.05, 3.63) is 156 Å². The fourth-order valence-electron chi connectivity index (χ4n) is 9.33. The van der Waals surface area contributed by atoms with Gasteiger partial charge in [0.15, 0.2) is 0 Å². The first-order valence-electron chi connectivity index (χ1n) is 24.1. The highest BCUT2D eigenvalue weighted by Crippen LogP contribution is 2.41. The molecule has 19 heteroatoms. The second-order valence-corrected chi connectivity index (χ2v) is 18.7. The van der Waals surface area contributed by atoms with Gasteiger partial charge in [0.1, 0.15) is 48.6 Å². The van der Waals surface area contributed by atoms with E-state index in [9.17, 15) is 18.4 Å². The molecule has 380 valence electrons. The van der Waals surface area contributed by atoms with Gasteiger partial charge in [-0.15, -0.1) is 0 Å². The van der Waals surface area contributed by atoms with Crippen LogP contribution in [0.3, 0.4) is 0 Å². The van der Waals surface area contributed by atoms with Gasteiger partial charge in [-0.05, 0) is 85.3 Å². The van der Waals surface area contributed by atoms with Gasteiger partial charge in [0.25, 0.3) is 0 Å². The van der Waals surface area contributed by atoms with Crippen LogP contribution in [0, 0.1) is 18.6 Å². The van der Waals surface area contributed by atoms with Crippen LogP contribution in [0.25, 0.3) is 0 Å². The van der Waals surface area contributed by atoms with Gasteiger partial charge >= 0.3 is 0 Å². The normalized spacial score (nSPS) is 22.1. The number of hydrogen-bond acceptors (Lipinski definition) is 12. The smallest absolute Gasteiger partial charge is 0.219 e. The number of rotatable bonds is 14. The number of aryl methyl sites for hydroxylation is 1. The molecule has 0 radical (unpaired) electrons. The van der Waals surface area contributed by atoms with E-state index in [2.05, 4.69) is 19.8 Å². The second-order valence-electron chi connectivity index (χ2n) is 18.3. The number of anilines is 2. The minimum atomic E-state index is -1.27. The van der Waals surface area contributed by atoms with Crippen LogP contribution in [0.5, 0.6) is 11.5 Å². The second kappa shape index (κ2) is 22.5. The van der Waals surface area contributed by atoms with E-state index in [4.69, 9.17) is 40.0 Å². The van der Waals surface area contributed by atoms with E-state index >= 15 is 0 Å². The zero-order valence-corrected chi connectivity index (χ0v) is 41.3. The molecule has 0 aliphatic carbocycles. The molecule has 0 N–H and O–H groups in total. The molecule has 0 bridgehead atoms. The van der Waals surface area contributed by atoms with Crippen molar-refractivity contribution in [3.8, 4) is 11.5 Å². The maximum Gasteiger partial charge on any atom is 0.219 e. The molecular weight excluding hydrogens is 950 g/mol. The number of imidazole rings is 2. The molecule has 72 heavy (non-hydrogen) atoms. The molecule has 6 aromatic rings. The molecule has 0 saturated carbocycles. The summed E-state index contributed by atoms with van der Waals surface area (Å²) in [6.07, 6.45) is 9.54. The maximum absolute atomic E-state index is 15.0. The van der Waals surface area contributed by atoms with Gasteiger partial charge in [0.05, 0.1) is 44.0 Å². The third-order valence-corrected chi connectivity index (χ3v) is 13.5. The first-order valence-corrected chi connectivity index (χ1v) is 24.5. The average molecular weight is 1010 g/mol. The summed E-state index contributed by atoms with van der Waals surface area (Å²) in [6.45, 7) is 12.9. The van der Waals surface area contributed by atoms with Crippen molar-refractivity contribution in [3.63, 3.8) is 0 Å². The number of carbonyl (C=O) groups is 2. The Labute approximate surface area is 422 Å². The SMILES string of the molecule is CC(=O)N1CCN(c2ccc(OC[C@H]3CO[C@](Cn4ccnc4)(c4ccc(C)cc4F)O3)cc2)CC1.CC(=O)N1CCN(c2ccc(OC[C@H]3CO[C@](Cn4ccnc4)(c4ccc(F)cc4Cl)O3)cc2)CC1. The number of benzene rings is 4. The van der Waals surface area contributed by atoms with Crippen molar-refractivity contribution in [2.24, 2.45) is 0 Å². The number of hydrogen-bond donors (Lipinski definition) is 0. The van der Waals surface area contributed by atoms with Gasteiger partial charge in [-0.1, -0.05) is 23.7 Å². The van der Waals surface area contributed by atoms with Crippen molar-refractivity contribution in [1.82, 2.24) is 28.9 Å². The predicted octanol–water partition coefficient (Wildman–Crippen LogP) is 7.04. The fourth-order valence-corrected chi connectivity index (χ4v) is 9.64. The summed E-state index contributed by atoms with van der Waals surface area (Å²) in [6, 6.07) is 25.1. The Balaban J connectivity index is 0.000000178. The lowest BCUT2D eigenvalue weighted by molar-refractivity contribution is -0.191. The number of piperazine rings is 2. The van der Waals surface area contributed by atoms with E-state index in [-0.39, 0.29) is 61.2 Å². The van der Waals surface area contributed by atoms with E-state index in [1.807, 2.05) is 80.5 Å². The lowest BCUT2D eigenvalue weighted by Gasteiger charge is -2.35. The molecule has 2 aromatic heterocycles. The summed E-state index contributed by atoms with van der Waals surface area (Å²) in [5, 5.41) is 0.233. The van der Waals surface area contributed by atoms with Crippen LogP contribution in [-0.4, -0.2) is 132 Å². The van der Waals surface area contributed by atoms with Crippen molar-refractivity contribution in [2.45, 2.75) is 57.6 Å². The monoisotopic (exact) mass is 1010 g/mol. The van der Waals surface area contributed by atoms with Crippen LogP contribution in [0.1, 0.15) is 30.5 Å². The highest BCUT2D eigenvalue weighted by molar-refractivity contribution is 6.31. The first kappa shape index (κ1) is 50.4. The van der Waals surface area contributed by atoms with Crippen molar-refractivity contribution >= 4 is 34.8 Å². The molecule has 4 atom stereocenters. The Bertz CT molecular complexity index is 2550. The maximum atomic E-state index is 15.0. The minimum Gasteiger partial charge on any atom is -0.491 e. The molecule has 4 aliphatic rings. The van der Waals surface area contributed by atoms with E-state index in [0.29, 0.717) is 24.3 Å². The van der Waals surface area contributed by atoms with Crippen LogP contribution < -0.4 is 19.3 Å². The summed E-state index contributed by atoms with van der Waals surface area (Å²) in [5.74, 6) is -1.57. The van der Waals surface area contributed by atoms with E-state index in [0.717, 1.165) is 80.8 Å². The highest BCUT2D eigenvalue weighted by Gasteiger charge is 2.47. The van der Waals surface area contributed by atoms with E-state index < -0.39 is 17.4 Å². The zero-order chi connectivity index (χ0) is 50.2. The molecule has 16 nitrogen and oxygen atoms in total. The van der Waals surface area contributed by atoms with E-state index in [1.165, 1.54) is 18.2 Å². The lowest BCUT2D eigenvalue weighted by Crippen LogP contribution is -2.48. The number of nitrogens with zero attached hydrogens (tertiary/aromatic N) is 8. The summed E-state index contributed by atoms with van der Waals surface area (Å²) in [5.41, 5.74) is 3.93.